The molecule has 0 spiro atoms. The maximum absolute atomic E-state index is 6.74. The van der Waals surface area contributed by atoms with E-state index in [9.17, 15) is 0 Å². The first kappa shape index (κ1) is 32.9. The van der Waals surface area contributed by atoms with E-state index < -0.39 is 0 Å². The third kappa shape index (κ3) is 5.98. The van der Waals surface area contributed by atoms with Crippen LogP contribution in [0.15, 0.2) is 90.6 Å². The van der Waals surface area contributed by atoms with Gasteiger partial charge in [-0.15, -0.1) is 0 Å². The zero-order valence-corrected chi connectivity index (χ0v) is 30.8. The maximum atomic E-state index is 6.74. The fourth-order valence-corrected chi connectivity index (χ4v) is 8.11. The molecule has 3 aromatic heterocycles. The average Bonchev–Trinajstić information content (AvgIpc) is 3.53. The largest absolute Gasteiger partial charge is 0.457 e. The van der Waals surface area contributed by atoms with Gasteiger partial charge >= 0.3 is 0 Å². The van der Waals surface area contributed by atoms with Gasteiger partial charge in [-0.1, -0.05) is 71.4 Å². The van der Waals surface area contributed by atoms with Gasteiger partial charge in [0.05, 0.1) is 22.4 Å². The third-order valence-corrected chi connectivity index (χ3v) is 10.8. The highest BCUT2D eigenvalue weighted by molar-refractivity contribution is 6.09. The van der Waals surface area contributed by atoms with Crippen LogP contribution in [0.1, 0.15) is 94.8 Å². The number of aryl methyl sites for hydroxylation is 2. The Kier molecular flexibility index (Phi) is 8.29. The van der Waals surface area contributed by atoms with E-state index in [0.29, 0.717) is 23.7 Å². The first-order valence-electron chi connectivity index (χ1n) is 17.8. The van der Waals surface area contributed by atoms with Crippen molar-refractivity contribution in [1.82, 2.24) is 19.3 Å². The smallest absolute Gasteiger partial charge is 0.137 e. The fourth-order valence-electron chi connectivity index (χ4n) is 8.11. The van der Waals surface area contributed by atoms with Gasteiger partial charge in [0.2, 0.25) is 0 Å². The standard InChI is InChI=1S/C44H50N4O/c1-26(2)32-22-34(48-31(7)43(30(6)46-48)42-28(4)20-33(21-29(42)5)44(8,9)10)24-36(23-32)49-35-15-16-38-37-13-11-12-14-39(37)47(40(38)25-35)41-19-27(3)17-18-45-41/h11-20,22-26,29,33,42H,21H2,1-10H3/t29-,33+,42+/m0/s1. The molecule has 0 unspecified atom stereocenters. The van der Waals surface area contributed by atoms with Crippen LogP contribution in [0.4, 0.5) is 0 Å². The Morgan fingerprint density at radius 3 is 2.31 bits per heavy atom. The van der Waals surface area contributed by atoms with E-state index >= 15 is 0 Å². The summed E-state index contributed by atoms with van der Waals surface area (Å²) in [6.45, 7) is 22.8. The molecule has 5 nitrogen and oxygen atoms in total. The molecule has 5 heteroatoms. The molecule has 3 heterocycles. The Hall–Kier alpha value is -4.64. The van der Waals surface area contributed by atoms with Crippen LogP contribution in [0.5, 0.6) is 11.5 Å². The molecule has 3 aromatic carbocycles. The molecule has 7 rings (SSSR count). The zero-order chi connectivity index (χ0) is 34.8. The lowest BCUT2D eigenvalue weighted by molar-refractivity contribution is 0.224. The minimum absolute atomic E-state index is 0.265. The van der Waals surface area contributed by atoms with E-state index in [1.807, 2.05) is 12.3 Å². The number of allylic oxidation sites excluding steroid dienone is 2. The second kappa shape index (κ2) is 12.4. The van der Waals surface area contributed by atoms with Crippen molar-refractivity contribution in [1.29, 1.82) is 0 Å². The Bertz CT molecular complexity index is 2220. The van der Waals surface area contributed by atoms with Crippen molar-refractivity contribution in [3.63, 3.8) is 0 Å². The van der Waals surface area contributed by atoms with Crippen molar-refractivity contribution in [2.45, 2.75) is 87.5 Å². The van der Waals surface area contributed by atoms with Crippen LogP contribution in [-0.4, -0.2) is 19.3 Å². The predicted molar refractivity (Wildman–Crippen MR) is 204 cm³/mol. The molecule has 0 aliphatic heterocycles. The number of pyridine rings is 1. The van der Waals surface area contributed by atoms with Gasteiger partial charge in [0.15, 0.2) is 0 Å². The summed E-state index contributed by atoms with van der Waals surface area (Å²) >= 11 is 0. The van der Waals surface area contributed by atoms with Crippen molar-refractivity contribution in [3.05, 3.63) is 119 Å². The molecule has 0 radical (unpaired) electrons. The molecule has 3 atom stereocenters. The summed E-state index contributed by atoms with van der Waals surface area (Å²) < 4.78 is 11.1. The van der Waals surface area contributed by atoms with Crippen LogP contribution in [-0.2, 0) is 0 Å². The average molecular weight is 651 g/mol. The highest BCUT2D eigenvalue weighted by Gasteiger charge is 2.36. The fraction of sp³-hybridized carbons (Fsp3) is 0.364. The number of benzene rings is 3. The van der Waals surface area contributed by atoms with Crippen LogP contribution >= 0.6 is 0 Å². The summed E-state index contributed by atoms with van der Waals surface area (Å²) in [5.41, 5.74) is 11.0. The lowest BCUT2D eigenvalue weighted by Gasteiger charge is -2.39. The topological polar surface area (TPSA) is 44.9 Å². The second-order valence-corrected chi connectivity index (χ2v) is 15.8. The first-order valence-corrected chi connectivity index (χ1v) is 17.8. The number of para-hydroxylation sites is 1. The number of fused-ring (bicyclic) bond motifs is 3. The van der Waals surface area contributed by atoms with Crippen LogP contribution in [0, 0.1) is 38.0 Å². The Morgan fingerprint density at radius 1 is 0.837 bits per heavy atom. The molecular weight excluding hydrogens is 601 g/mol. The Balaban J connectivity index is 1.29. The summed E-state index contributed by atoms with van der Waals surface area (Å²) in [6, 6.07) is 25.7. The van der Waals surface area contributed by atoms with Gasteiger partial charge in [-0.2, -0.15) is 5.10 Å². The highest BCUT2D eigenvalue weighted by atomic mass is 16.5. The number of hydrogen-bond donors (Lipinski definition) is 0. The van der Waals surface area contributed by atoms with E-state index in [1.165, 1.54) is 45.2 Å². The van der Waals surface area contributed by atoms with Crippen LogP contribution in [0.3, 0.4) is 0 Å². The van der Waals surface area contributed by atoms with E-state index in [0.717, 1.165) is 39.7 Å². The van der Waals surface area contributed by atoms with E-state index in [-0.39, 0.29) is 5.41 Å². The van der Waals surface area contributed by atoms with Gasteiger partial charge in [0.25, 0.3) is 0 Å². The molecule has 0 amide bonds. The SMILES string of the molecule is CC1=C[C@@H](C(C)(C)C)C[C@H](C)[C@@H]1c1c(C)nn(-c2cc(Oc3ccc4c5ccccc5n(-c5cc(C)ccn5)c4c3)cc(C(C)C)c2)c1C. The number of hydrogen-bond acceptors (Lipinski definition) is 3. The van der Waals surface area contributed by atoms with Crippen molar-refractivity contribution in [3.8, 4) is 23.0 Å². The van der Waals surface area contributed by atoms with Gasteiger partial charge in [0.1, 0.15) is 17.3 Å². The van der Waals surface area contributed by atoms with E-state index in [1.54, 1.807) is 0 Å². The number of aromatic nitrogens is 4. The molecule has 0 bridgehead atoms. The monoisotopic (exact) mass is 650 g/mol. The lowest BCUT2D eigenvalue weighted by atomic mass is 9.65. The molecule has 6 aromatic rings. The molecular formula is C44H50N4O. The Morgan fingerprint density at radius 2 is 1.59 bits per heavy atom. The van der Waals surface area contributed by atoms with Crippen molar-refractivity contribution in [2.24, 2.45) is 17.3 Å². The summed E-state index contributed by atoms with van der Waals surface area (Å²) in [4.78, 5) is 4.76. The van der Waals surface area contributed by atoms with Gasteiger partial charge in [0, 0.05) is 46.3 Å². The van der Waals surface area contributed by atoms with Crippen molar-refractivity contribution in [2.75, 3.05) is 0 Å². The minimum Gasteiger partial charge on any atom is -0.457 e. The van der Waals surface area contributed by atoms with Gasteiger partial charge in [-0.3, -0.25) is 4.57 Å². The minimum atomic E-state index is 0.265. The molecule has 0 fully saturated rings. The third-order valence-electron chi connectivity index (χ3n) is 10.8. The molecule has 0 saturated heterocycles. The van der Waals surface area contributed by atoms with Gasteiger partial charge in [-0.05, 0) is 111 Å². The predicted octanol–water partition coefficient (Wildman–Crippen LogP) is 11.9. The number of rotatable bonds is 6. The second-order valence-electron chi connectivity index (χ2n) is 15.8. The summed E-state index contributed by atoms with van der Waals surface area (Å²) in [5.74, 6) is 4.33. The first-order chi connectivity index (χ1) is 23.3. The maximum Gasteiger partial charge on any atom is 0.137 e. The zero-order valence-electron chi connectivity index (χ0n) is 30.8. The molecule has 0 N–H and O–H groups in total. The molecule has 0 saturated carbocycles. The van der Waals surface area contributed by atoms with Gasteiger partial charge < -0.3 is 4.74 Å². The molecule has 252 valence electrons. The van der Waals surface area contributed by atoms with Crippen molar-refractivity contribution >= 4 is 21.8 Å². The Labute approximate surface area is 291 Å². The molecule has 1 aliphatic carbocycles. The number of nitrogens with zero attached hydrogens (tertiary/aromatic N) is 4. The van der Waals surface area contributed by atoms with E-state index in [2.05, 4.69) is 151 Å². The van der Waals surface area contributed by atoms with Gasteiger partial charge in [-0.25, -0.2) is 9.67 Å². The summed E-state index contributed by atoms with van der Waals surface area (Å²) in [5, 5.41) is 7.55. The van der Waals surface area contributed by atoms with Crippen LogP contribution in [0.2, 0.25) is 0 Å². The summed E-state index contributed by atoms with van der Waals surface area (Å²) in [7, 11) is 0. The quantitative estimate of drug-likeness (QED) is 0.169. The summed E-state index contributed by atoms with van der Waals surface area (Å²) in [6.07, 6.45) is 5.61. The van der Waals surface area contributed by atoms with Crippen LogP contribution < -0.4 is 4.74 Å². The van der Waals surface area contributed by atoms with Crippen LogP contribution in [0.25, 0.3) is 33.3 Å². The number of ether oxygens (including phenoxy) is 1. The molecule has 49 heavy (non-hydrogen) atoms. The molecule has 1 aliphatic rings. The normalized spacial score (nSPS) is 18.4. The van der Waals surface area contributed by atoms with E-state index in [4.69, 9.17) is 14.8 Å². The lowest BCUT2D eigenvalue weighted by Crippen LogP contribution is -2.28. The van der Waals surface area contributed by atoms with Crippen molar-refractivity contribution < 1.29 is 4.74 Å². The highest BCUT2D eigenvalue weighted by Crippen LogP contribution is 2.47.